The molecule has 0 bridgehead atoms. The number of carboxylic acids is 3. The van der Waals surface area contributed by atoms with Crippen LogP contribution in [0.15, 0.2) is 0 Å². The van der Waals surface area contributed by atoms with E-state index >= 15 is 0 Å². The molecular formula is C11H20N2O7S. The van der Waals surface area contributed by atoms with E-state index in [4.69, 9.17) is 20.4 Å². The number of rotatable bonds is 12. The molecule has 4 N–H and O–H groups in total. The molecule has 0 fully saturated rings. The largest absolute Gasteiger partial charge is 0.480 e. The maximum atomic E-state index is 11.1. The minimum atomic E-state index is -1.20. The van der Waals surface area contributed by atoms with Crippen molar-refractivity contribution in [2.24, 2.45) is 0 Å². The highest BCUT2D eigenvalue weighted by molar-refractivity contribution is 7.80. The van der Waals surface area contributed by atoms with Gasteiger partial charge < -0.3 is 20.4 Å². The van der Waals surface area contributed by atoms with E-state index in [1.807, 2.05) is 0 Å². The van der Waals surface area contributed by atoms with Crippen LogP contribution in [0.2, 0.25) is 0 Å². The van der Waals surface area contributed by atoms with Crippen molar-refractivity contribution in [3.8, 4) is 0 Å². The highest BCUT2D eigenvalue weighted by atomic mass is 32.1. The second-order valence-electron chi connectivity index (χ2n) is 4.29. The lowest BCUT2D eigenvalue weighted by Gasteiger charge is -2.29. The van der Waals surface area contributed by atoms with E-state index in [1.54, 1.807) is 0 Å². The van der Waals surface area contributed by atoms with E-state index in [-0.39, 0.29) is 38.5 Å². The van der Waals surface area contributed by atoms with Crippen LogP contribution < -0.4 is 0 Å². The zero-order chi connectivity index (χ0) is 16.4. The van der Waals surface area contributed by atoms with Gasteiger partial charge in [-0.1, -0.05) is 0 Å². The predicted octanol–water partition coefficient (Wildman–Crippen LogP) is -1.87. The maximum absolute atomic E-state index is 11.1. The molecule has 0 aliphatic heterocycles. The lowest BCUT2D eigenvalue weighted by Crippen LogP contribution is -2.49. The Hall–Kier alpha value is -1.36. The molecule has 0 radical (unpaired) electrons. The lowest BCUT2D eigenvalue weighted by molar-refractivity contribution is -0.146. The van der Waals surface area contributed by atoms with Gasteiger partial charge in [0.1, 0.15) is 6.04 Å². The smallest absolute Gasteiger partial charge is 0.321 e. The molecule has 1 atom stereocenters. The van der Waals surface area contributed by atoms with Gasteiger partial charge in [0.15, 0.2) is 0 Å². The van der Waals surface area contributed by atoms with Crippen molar-refractivity contribution >= 4 is 30.5 Å². The van der Waals surface area contributed by atoms with Crippen LogP contribution in [0.5, 0.6) is 0 Å². The number of carbonyl (C=O) groups is 3. The van der Waals surface area contributed by atoms with Crippen LogP contribution in [0.1, 0.15) is 0 Å². The molecule has 0 aliphatic rings. The second kappa shape index (κ2) is 10.4. The number of aliphatic hydroxyl groups is 1. The first-order valence-corrected chi connectivity index (χ1v) is 6.79. The predicted molar refractivity (Wildman–Crippen MR) is 75.6 cm³/mol. The van der Waals surface area contributed by atoms with Crippen LogP contribution in [0.25, 0.3) is 0 Å². The van der Waals surface area contributed by atoms with E-state index in [9.17, 15) is 14.4 Å². The number of aliphatic hydroxyl groups excluding tert-OH is 1. The molecule has 0 saturated heterocycles. The molecule has 0 aromatic heterocycles. The van der Waals surface area contributed by atoms with Gasteiger partial charge in [0.05, 0.1) is 19.7 Å². The van der Waals surface area contributed by atoms with Crippen LogP contribution >= 0.6 is 12.6 Å². The fourth-order valence-electron chi connectivity index (χ4n) is 1.74. The monoisotopic (exact) mass is 324 g/mol. The van der Waals surface area contributed by atoms with Crippen molar-refractivity contribution in [2.45, 2.75) is 6.04 Å². The van der Waals surface area contributed by atoms with Gasteiger partial charge >= 0.3 is 17.9 Å². The summed E-state index contributed by atoms with van der Waals surface area (Å²) in [6.07, 6.45) is 0. The number of hydrogen-bond acceptors (Lipinski definition) is 7. The summed E-state index contributed by atoms with van der Waals surface area (Å²) >= 11 is 3.89. The highest BCUT2D eigenvalue weighted by Gasteiger charge is 2.26. The van der Waals surface area contributed by atoms with Gasteiger partial charge in [0.25, 0.3) is 0 Å². The average Bonchev–Trinajstić information content (AvgIpc) is 2.34. The molecule has 0 aromatic carbocycles. The molecule has 0 heterocycles. The molecule has 0 amide bonds. The van der Waals surface area contributed by atoms with Gasteiger partial charge in [-0.05, 0) is 0 Å². The third-order valence-corrected chi connectivity index (χ3v) is 3.06. The van der Waals surface area contributed by atoms with Crippen LogP contribution in [-0.4, -0.2) is 99.3 Å². The Balaban J connectivity index is 4.73. The summed E-state index contributed by atoms with van der Waals surface area (Å²) in [5.41, 5.74) is 0. The number of carboxylic acid groups (broad SMARTS) is 3. The van der Waals surface area contributed by atoms with E-state index in [1.165, 1.54) is 9.80 Å². The first kappa shape index (κ1) is 19.6. The minimum absolute atomic E-state index is 0.0388. The first-order chi connectivity index (χ1) is 9.81. The van der Waals surface area contributed by atoms with Gasteiger partial charge in [-0.2, -0.15) is 12.6 Å². The van der Waals surface area contributed by atoms with Crippen LogP contribution in [-0.2, 0) is 14.4 Å². The number of aliphatic carboxylic acids is 3. The third kappa shape index (κ3) is 8.50. The Morgan fingerprint density at radius 1 is 0.952 bits per heavy atom. The second-order valence-corrected chi connectivity index (χ2v) is 4.66. The fraction of sp³-hybridized carbons (Fsp3) is 0.727. The molecule has 1 unspecified atom stereocenters. The lowest BCUT2D eigenvalue weighted by atomic mass is 10.2. The quantitative estimate of drug-likeness (QED) is 0.261. The highest BCUT2D eigenvalue weighted by Crippen LogP contribution is 2.03. The van der Waals surface area contributed by atoms with Crippen molar-refractivity contribution in [1.29, 1.82) is 0 Å². The first-order valence-electron chi connectivity index (χ1n) is 6.16. The number of nitrogens with zero attached hydrogens (tertiary/aromatic N) is 2. The summed E-state index contributed by atoms with van der Waals surface area (Å²) in [6, 6.07) is -1.08. The minimum Gasteiger partial charge on any atom is -0.480 e. The topological polar surface area (TPSA) is 139 Å². The van der Waals surface area contributed by atoms with Crippen LogP contribution in [0, 0.1) is 0 Å². The van der Waals surface area contributed by atoms with Gasteiger partial charge in [0.2, 0.25) is 0 Å². The van der Waals surface area contributed by atoms with E-state index in [0.29, 0.717) is 0 Å². The standard InChI is InChI=1S/C11H20N2O7S/c14-4-3-12(5-9(15)16)1-2-13(6-10(17)18)8(7-21)11(19)20/h8,14,21H,1-7H2,(H,15,16)(H,17,18)(H,19,20). The third-order valence-electron chi connectivity index (χ3n) is 2.72. The van der Waals surface area contributed by atoms with Crippen LogP contribution in [0.4, 0.5) is 0 Å². The van der Waals surface area contributed by atoms with Gasteiger partial charge in [-0.15, -0.1) is 0 Å². The summed E-state index contributed by atoms with van der Waals surface area (Å²) in [7, 11) is 0. The molecule has 21 heavy (non-hydrogen) atoms. The Kier molecular flexibility index (Phi) is 9.71. The molecule has 0 aliphatic carbocycles. The van der Waals surface area contributed by atoms with E-state index in [2.05, 4.69) is 12.6 Å². The Bertz CT molecular complexity index is 366. The fourth-order valence-corrected chi connectivity index (χ4v) is 2.13. The molecule has 0 saturated carbocycles. The molecule has 9 nitrogen and oxygen atoms in total. The summed E-state index contributed by atoms with van der Waals surface area (Å²) in [5, 5.41) is 35.4. The molecule has 0 spiro atoms. The molecular weight excluding hydrogens is 304 g/mol. The normalized spacial score (nSPS) is 12.6. The summed E-state index contributed by atoms with van der Waals surface area (Å²) in [4.78, 5) is 35.1. The van der Waals surface area contributed by atoms with Crippen molar-refractivity contribution in [3.63, 3.8) is 0 Å². The van der Waals surface area contributed by atoms with Gasteiger partial charge in [0, 0.05) is 25.4 Å². The van der Waals surface area contributed by atoms with Crippen molar-refractivity contribution in [2.75, 3.05) is 45.1 Å². The average molecular weight is 324 g/mol. The molecule has 10 heteroatoms. The summed E-state index contributed by atoms with van der Waals surface area (Å²) in [6.45, 7) is -0.792. The number of hydrogen-bond donors (Lipinski definition) is 5. The molecule has 0 rings (SSSR count). The van der Waals surface area contributed by atoms with Crippen molar-refractivity contribution in [1.82, 2.24) is 9.80 Å². The Morgan fingerprint density at radius 2 is 1.52 bits per heavy atom. The zero-order valence-electron chi connectivity index (χ0n) is 11.4. The maximum Gasteiger partial charge on any atom is 0.321 e. The molecule has 0 aromatic rings. The van der Waals surface area contributed by atoms with Gasteiger partial charge in [-0.25, -0.2) is 0 Å². The number of thiol groups is 1. The summed E-state index contributed by atoms with van der Waals surface area (Å²) < 4.78 is 0. The van der Waals surface area contributed by atoms with E-state index in [0.717, 1.165) is 0 Å². The SMILES string of the molecule is O=C(O)CN(CCO)CCN(CC(=O)O)C(CS)C(=O)O. The van der Waals surface area contributed by atoms with E-state index < -0.39 is 30.5 Å². The van der Waals surface area contributed by atoms with Crippen molar-refractivity contribution in [3.05, 3.63) is 0 Å². The molecule has 122 valence electrons. The Labute approximate surface area is 127 Å². The Morgan fingerprint density at radius 3 is 1.90 bits per heavy atom. The zero-order valence-corrected chi connectivity index (χ0v) is 12.3. The van der Waals surface area contributed by atoms with Crippen molar-refractivity contribution < 1.29 is 34.8 Å². The summed E-state index contributed by atoms with van der Waals surface area (Å²) in [5.74, 6) is -3.54. The van der Waals surface area contributed by atoms with Gasteiger partial charge in [-0.3, -0.25) is 24.2 Å². The van der Waals surface area contributed by atoms with Crippen LogP contribution in [0.3, 0.4) is 0 Å².